The van der Waals surface area contributed by atoms with Crippen LogP contribution in [0.4, 0.5) is 0 Å². The summed E-state index contributed by atoms with van der Waals surface area (Å²) in [4.78, 5) is 0. The fraction of sp³-hybridized carbons (Fsp3) is 0.368. The largest absolute Gasteiger partial charge is 0.0743 e. The summed E-state index contributed by atoms with van der Waals surface area (Å²) >= 11 is 0. The monoisotopic (exact) mass is 250 g/mol. The Morgan fingerprint density at radius 3 is 2.37 bits per heavy atom. The number of allylic oxidation sites excluding steroid dienone is 5. The third-order valence-electron chi connectivity index (χ3n) is 4.36. The summed E-state index contributed by atoms with van der Waals surface area (Å²) in [5.74, 6) is 1.76. The molecule has 0 N–H and O–H groups in total. The SMILES string of the molecule is CC1=CC(C)C(C2=Cc3ccccc3C2C(C)C)=C1. The molecule has 98 valence electrons. The summed E-state index contributed by atoms with van der Waals surface area (Å²) < 4.78 is 0. The maximum Gasteiger partial charge on any atom is 0.0121 e. The Kier molecular flexibility index (Phi) is 2.97. The van der Waals surface area contributed by atoms with Crippen molar-refractivity contribution in [3.05, 3.63) is 64.3 Å². The lowest BCUT2D eigenvalue weighted by molar-refractivity contribution is 0.561. The molecule has 0 radical (unpaired) electrons. The highest BCUT2D eigenvalue weighted by atomic mass is 14.4. The average molecular weight is 250 g/mol. The van der Waals surface area contributed by atoms with Crippen LogP contribution in [0.2, 0.25) is 0 Å². The van der Waals surface area contributed by atoms with Gasteiger partial charge < -0.3 is 0 Å². The predicted octanol–water partition coefficient (Wildman–Crippen LogP) is 5.35. The Bertz CT molecular complexity index is 596. The third-order valence-corrected chi connectivity index (χ3v) is 4.36. The second-order valence-corrected chi connectivity index (χ2v) is 6.25. The zero-order chi connectivity index (χ0) is 13.6. The van der Waals surface area contributed by atoms with Crippen LogP contribution in [-0.2, 0) is 0 Å². The summed E-state index contributed by atoms with van der Waals surface area (Å²) in [7, 11) is 0. The Labute approximate surface area is 116 Å². The lowest BCUT2D eigenvalue weighted by Crippen LogP contribution is -2.10. The van der Waals surface area contributed by atoms with E-state index in [0.29, 0.717) is 17.8 Å². The minimum Gasteiger partial charge on any atom is -0.0743 e. The molecule has 19 heavy (non-hydrogen) atoms. The van der Waals surface area contributed by atoms with Gasteiger partial charge in [-0.05, 0) is 41.0 Å². The summed E-state index contributed by atoms with van der Waals surface area (Å²) in [5.41, 5.74) is 7.38. The molecule has 1 aromatic rings. The first-order valence-corrected chi connectivity index (χ1v) is 7.29. The van der Waals surface area contributed by atoms with Crippen molar-refractivity contribution in [3.8, 4) is 0 Å². The first-order chi connectivity index (χ1) is 9.08. The van der Waals surface area contributed by atoms with Crippen molar-refractivity contribution < 1.29 is 0 Å². The topological polar surface area (TPSA) is 0 Å². The second-order valence-electron chi connectivity index (χ2n) is 6.25. The molecule has 0 amide bonds. The number of benzene rings is 1. The van der Waals surface area contributed by atoms with E-state index in [2.05, 4.69) is 70.2 Å². The molecule has 2 aliphatic rings. The van der Waals surface area contributed by atoms with Crippen LogP contribution in [0.15, 0.2) is 53.1 Å². The summed E-state index contributed by atoms with van der Waals surface area (Å²) in [6, 6.07) is 8.86. The molecular formula is C19H22. The van der Waals surface area contributed by atoms with Crippen LogP contribution < -0.4 is 0 Å². The van der Waals surface area contributed by atoms with Gasteiger partial charge in [0, 0.05) is 5.92 Å². The van der Waals surface area contributed by atoms with Gasteiger partial charge in [-0.15, -0.1) is 0 Å². The molecule has 0 saturated heterocycles. The molecule has 0 aliphatic heterocycles. The van der Waals surface area contributed by atoms with Crippen molar-refractivity contribution in [1.82, 2.24) is 0 Å². The normalized spacial score (nSPS) is 25.2. The van der Waals surface area contributed by atoms with E-state index in [4.69, 9.17) is 0 Å². The van der Waals surface area contributed by atoms with Crippen LogP contribution >= 0.6 is 0 Å². The third kappa shape index (κ3) is 2.00. The van der Waals surface area contributed by atoms with E-state index in [9.17, 15) is 0 Å². The number of fused-ring (bicyclic) bond motifs is 1. The highest BCUT2D eigenvalue weighted by Gasteiger charge is 2.31. The van der Waals surface area contributed by atoms with Gasteiger partial charge in [0.1, 0.15) is 0 Å². The van der Waals surface area contributed by atoms with Gasteiger partial charge in [-0.25, -0.2) is 0 Å². The van der Waals surface area contributed by atoms with Gasteiger partial charge in [0.25, 0.3) is 0 Å². The van der Waals surface area contributed by atoms with Gasteiger partial charge in [-0.2, -0.15) is 0 Å². The first kappa shape index (κ1) is 12.5. The van der Waals surface area contributed by atoms with E-state index in [1.165, 1.54) is 27.8 Å². The van der Waals surface area contributed by atoms with Gasteiger partial charge in [0.15, 0.2) is 0 Å². The van der Waals surface area contributed by atoms with Crippen molar-refractivity contribution in [2.24, 2.45) is 11.8 Å². The van der Waals surface area contributed by atoms with E-state index >= 15 is 0 Å². The lowest BCUT2D eigenvalue weighted by Gasteiger charge is -2.23. The summed E-state index contributed by atoms with van der Waals surface area (Å²) in [6.45, 7) is 9.18. The molecule has 2 aliphatic carbocycles. The average Bonchev–Trinajstić information content (AvgIpc) is 2.88. The van der Waals surface area contributed by atoms with Gasteiger partial charge >= 0.3 is 0 Å². The summed E-state index contributed by atoms with van der Waals surface area (Å²) in [6.07, 6.45) is 7.16. The van der Waals surface area contributed by atoms with Crippen molar-refractivity contribution in [1.29, 1.82) is 0 Å². The molecule has 0 bridgehead atoms. The van der Waals surface area contributed by atoms with E-state index < -0.39 is 0 Å². The van der Waals surface area contributed by atoms with Crippen LogP contribution in [-0.4, -0.2) is 0 Å². The van der Waals surface area contributed by atoms with E-state index in [-0.39, 0.29) is 0 Å². The number of hydrogen-bond acceptors (Lipinski definition) is 0. The molecule has 2 atom stereocenters. The molecule has 0 saturated carbocycles. The predicted molar refractivity (Wildman–Crippen MR) is 83.0 cm³/mol. The van der Waals surface area contributed by atoms with Gasteiger partial charge in [-0.1, -0.05) is 68.8 Å². The minimum atomic E-state index is 0.557. The van der Waals surface area contributed by atoms with Crippen LogP contribution in [0.1, 0.15) is 44.7 Å². The van der Waals surface area contributed by atoms with E-state index in [1.54, 1.807) is 0 Å². The Morgan fingerprint density at radius 1 is 1.00 bits per heavy atom. The highest BCUT2D eigenvalue weighted by Crippen LogP contribution is 2.47. The second kappa shape index (κ2) is 4.52. The van der Waals surface area contributed by atoms with Gasteiger partial charge in [0.2, 0.25) is 0 Å². The fourth-order valence-corrected chi connectivity index (χ4v) is 3.59. The van der Waals surface area contributed by atoms with Crippen LogP contribution in [0, 0.1) is 11.8 Å². The maximum atomic E-state index is 2.41. The van der Waals surface area contributed by atoms with Gasteiger partial charge in [0.05, 0.1) is 0 Å². The molecule has 0 nitrogen and oxygen atoms in total. The smallest absolute Gasteiger partial charge is 0.0121 e. The van der Waals surface area contributed by atoms with E-state index in [0.717, 1.165) is 0 Å². The lowest BCUT2D eigenvalue weighted by atomic mass is 9.80. The fourth-order valence-electron chi connectivity index (χ4n) is 3.59. The zero-order valence-corrected chi connectivity index (χ0v) is 12.3. The highest BCUT2D eigenvalue weighted by molar-refractivity contribution is 5.72. The molecule has 2 unspecified atom stereocenters. The van der Waals surface area contributed by atoms with Crippen molar-refractivity contribution in [3.63, 3.8) is 0 Å². The first-order valence-electron chi connectivity index (χ1n) is 7.29. The molecular weight excluding hydrogens is 228 g/mol. The van der Waals surface area contributed by atoms with Crippen molar-refractivity contribution in [2.45, 2.75) is 33.6 Å². The van der Waals surface area contributed by atoms with Crippen molar-refractivity contribution >= 4 is 6.08 Å². The molecule has 3 rings (SSSR count). The Balaban J connectivity index is 2.06. The molecule has 0 fully saturated rings. The maximum absolute atomic E-state index is 2.41. The van der Waals surface area contributed by atoms with Gasteiger partial charge in [-0.3, -0.25) is 0 Å². The zero-order valence-electron chi connectivity index (χ0n) is 12.3. The quantitative estimate of drug-likeness (QED) is 0.664. The molecule has 0 heteroatoms. The minimum absolute atomic E-state index is 0.557. The number of hydrogen-bond donors (Lipinski definition) is 0. The van der Waals surface area contributed by atoms with Crippen LogP contribution in [0.5, 0.6) is 0 Å². The molecule has 1 aromatic carbocycles. The van der Waals surface area contributed by atoms with E-state index in [1.807, 2.05) is 0 Å². The molecule has 0 heterocycles. The molecule has 0 aromatic heterocycles. The van der Waals surface area contributed by atoms with Crippen LogP contribution in [0.3, 0.4) is 0 Å². The van der Waals surface area contributed by atoms with Crippen molar-refractivity contribution in [2.75, 3.05) is 0 Å². The summed E-state index contributed by atoms with van der Waals surface area (Å²) in [5, 5.41) is 0. The standard InChI is InChI=1S/C19H22/c1-12(2)19-16-8-6-5-7-15(16)11-18(19)17-10-13(3)9-14(17)4/h5-12,14,19H,1-4H3. The Hall–Kier alpha value is -1.56. The van der Waals surface area contributed by atoms with Crippen LogP contribution in [0.25, 0.3) is 6.08 Å². The molecule has 0 spiro atoms. The number of rotatable bonds is 2. The Morgan fingerprint density at radius 2 is 1.74 bits per heavy atom.